The van der Waals surface area contributed by atoms with E-state index in [1.165, 1.54) is 29.5 Å². The fraction of sp³-hybridized carbons (Fsp3) is 0.409. The standard InChI is InChI=1S/C44H51N5O5/c1-29(2)35-7-5-6-8-36(35)38-28-47(27-30-9-12-39(52-3)41(21-30)53-4)19-20-49(38)33-24-44(25-33)14-17-48(18-15-44)32-10-11-37(43(50)51)40(23-32)54-34-22-31-13-16-45-42(31)46-26-34/h5-13,16,21-23,26,29,33,38H,14-15,17-20,24-25,27-28H2,1-4H3,(H,45,46)(H,50,51). The van der Waals surface area contributed by atoms with Gasteiger partial charge in [-0.05, 0) is 90.1 Å². The van der Waals surface area contributed by atoms with Gasteiger partial charge in [0.15, 0.2) is 11.5 Å². The molecular formula is C44H51N5O5. The zero-order valence-electron chi connectivity index (χ0n) is 31.8. The van der Waals surface area contributed by atoms with Gasteiger partial charge in [0.2, 0.25) is 0 Å². The van der Waals surface area contributed by atoms with Gasteiger partial charge in [0.25, 0.3) is 0 Å². The summed E-state index contributed by atoms with van der Waals surface area (Å²) in [4.78, 5) is 27.5. The maximum Gasteiger partial charge on any atom is 0.339 e. The number of carboxylic acids is 1. The summed E-state index contributed by atoms with van der Waals surface area (Å²) < 4.78 is 17.3. The number of fused-ring (bicyclic) bond motifs is 1. The Morgan fingerprint density at radius 2 is 1.72 bits per heavy atom. The van der Waals surface area contributed by atoms with Crippen LogP contribution in [0.5, 0.6) is 23.0 Å². The van der Waals surface area contributed by atoms with Gasteiger partial charge in [-0.25, -0.2) is 9.78 Å². The largest absolute Gasteiger partial charge is 0.493 e. The molecule has 1 atom stereocenters. The van der Waals surface area contributed by atoms with E-state index in [0.29, 0.717) is 34.9 Å². The van der Waals surface area contributed by atoms with Crippen molar-refractivity contribution in [3.63, 3.8) is 0 Å². The fourth-order valence-electron chi connectivity index (χ4n) is 9.18. The van der Waals surface area contributed by atoms with Crippen LogP contribution in [-0.2, 0) is 6.54 Å². The van der Waals surface area contributed by atoms with Crippen molar-refractivity contribution in [3.8, 4) is 23.0 Å². The molecule has 5 aromatic rings. The van der Waals surface area contributed by atoms with Crippen molar-refractivity contribution in [2.45, 2.75) is 64.1 Å². The minimum absolute atomic E-state index is 0.139. The van der Waals surface area contributed by atoms with Crippen LogP contribution in [0, 0.1) is 5.41 Å². The lowest BCUT2D eigenvalue weighted by molar-refractivity contribution is -0.0628. The summed E-state index contributed by atoms with van der Waals surface area (Å²) in [7, 11) is 3.38. The summed E-state index contributed by atoms with van der Waals surface area (Å²) in [6, 6.07) is 25.5. The molecule has 3 aromatic carbocycles. The number of hydrogen-bond donors (Lipinski definition) is 2. The maximum absolute atomic E-state index is 12.1. The Kier molecular flexibility index (Phi) is 9.98. The molecule has 2 aromatic heterocycles. The van der Waals surface area contributed by atoms with Crippen molar-refractivity contribution >= 4 is 22.7 Å². The van der Waals surface area contributed by atoms with E-state index < -0.39 is 5.97 Å². The van der Waals surface area contributed by atoms with Crippen LogP contribution in [0.25, 0.3) is 11.0 Å². The van der Waals surface area contributed by atoms with Crippen LogP contribution >= 0.6 is 0 Å². The number of carboxylic acid groups (broad SMARTS) is 1. The first kappa shape index (κ1) is 35.9. The number of carbonyl (C=O) groups is 1. The highest BCUT2D eigenvalue weighted by atomic mass is 16.5. The number of aromatic amines is 1. The number of aromatic carboxylic acids is 1. The SMILES string of the molecule is COc1ccc(CN2CCN(C3CC4(CCN(c5ccc(C(=O)O)c(Oc6cnc7[nH]ccc7c6)c5)CC4)C3)C(c3ccccc3C(C)C)C2)cc1OC. The third-order valence-corrected chi connectivity index (χ3v) is 12.1. The van der Waals surface area contributed by atoms with Gasteiger partial charge in [0.05, 0.1) is 20.4 Å². The van der Waals surface area contributed by atoms with E-state index in [9.17, 15) is 9.90 Å². The summed E-state index contributed by atoms with van der Waals surface area (Å²) in [5.41, 5.74) is 6.39. The zero-order valence-corrected chi connectivity index (χ0v) is 31.8. The number of nitrogens with zero attached hydrogens (tertiary/aromatic N) is 4. The lowest BCUT2D eigenvalue weighted by Crippen LogP contribution is -2.60. The number of benzene rings is 3. The van der Waals surface area contributed by atoms with E-state index in [4.69, 9.17) is 14.2 Å². The Bertz CT molecular complexity index is 2110. The topological polar surface area (TPSA) is 103 Å². The molecule has 0 amide bonds. The number of hydrogen-bond acceptors (Lipinski definition) is 8. The summed E-state index contributed by atoms with van der Waals surface area (Å²) in [5, 5.41) is 10.9. The molecule has 2 saturated heterocycles. The number of pyridine rings is 1. The Morgan fingerprint density at radius 3 is 2.48 bits per heavy atom. The number of rotatable bonds is 11. The average molecular weight is 730 g/mol. The molecule has 282 valence electrons. The molecule has 10 heteroatoms. The van der Waals surface area contributed by atoms with Gasteiger partial charge in [-0.15, -0.1) is 0 Å². The third-order valence-electron chi connectivity index (χ3n) is 12.1. The smallest absolute Gasteiger partial charge is 0.339 e. The van der Waals surface area contributed by atoms with Gasteiger partial charge in [-0.1, -0.05) is 44.2 Å². The molecule has 3 aliphatic rings. The van der Waals surface area contributed by atoms with E-state index in [2.05, 4.69) is 74.9 Å². The normalized spacial score (nSPS) is 19.3. The summed E-state index contributed by atoms with van der Waals surface area (Å²) in [6.07, 6.45) is 8.14. The van der Waals surface area contributed by atoms with Gasteiger partial charge < -0.3 is 29.2 Å². The molecule has 1 aliphatic carbocycles. The number of aromatic nitrogens is 2. The van der Waals surface area contributed by atoms with Crippen LogP contribution < -0.4 is 19.1 Å². The second-order valence-electron chi connectivity index (χ2n) is 15.7. The van der Waals surface area contributed by atoms with Crippen LogP contribution in [0.1, 0.15) is 78.5 Å². The highest BCUT2D eigenvalue weighted by molar-refractivity contribution is 5.92. The van der Waals surface area contributed by atoms with Crippen LogP contribution in [0.2, 0.25) is 0 Å². The Hall–Kier alpha value is -5.06. The Balaban J connectivity index is 0.949. The number of piperazine rings is 1. The number of anilines is 1. The molecule has 4 heterocycles. The summed E-state index contributed by atoms with van der Waals surface area (Å²) in [6.45, 7) is 10.4. The average Bonchev–Trinajstić information content (AvgIpc) is 3.65. The van der Waals surface area contributed by atoms with E-state index >= 15 is 0 Å². The molecule has 1 spiro atoms. The number of nitrogens with one attached hydrogen (secondary N) is 1. The first-order chi connectivity index (χ1) is 26.2. The monoisotopic (exact) mass is 729 g/mol. The number of H-pyrrole nitrogens is 1. The second-order valence-corrected chi connectivity index (χ2v) is 15.7. The zero-order chi connectivity index (χ0) is 37.4. The molecule has 10 nitrogen and oxygen atoms in total. The number of ether oxygens (including phenoxy) is 3. The van der Waals surface area contributed by atoms with Crippen LogP contribution in [0.15, 0.2) is 85.2 Å². The molecule has 2 aliphatic heterocycles. The fourth-order valence-corrected chi connectivity index (χ4v) is 9.18. The van der Waals surface area contributed by atoms with Crippen LogP contribution in [0.4, 0.5) is 5.69 Å². The molecular weight excluding hydrogens is 679 g/mol. The Morgan fingerprint density at radius 1 is 0.926 bits per heavy atom. The van der Waals surface area contributed by atoms with Crippen LogP contribution in [0.3, 0.4) is 0 Å². The molecule has 54 heavy (non-hydrogen) atoms. The van der Waals surface area contributed by atoms with Crippen LogP contribution in [-0.4, -0.2) is 83.8 Å². The van der Waals surface area contributed by atoms with E-state index in [-0.39, 0.29) is 5.56 Å². The molecule has 0 bridgehead atoms. The molecule has 1 unspecified atom stereocenters. The molecule has 3 fully saturated rings. The first-order valence-electron chi connectivity index (χ1n) is 19.2. The first-order valence-corrected chi connectivity index (χ1v) is 19.2. The Labute approximate surface area is 317 Å². The minimum Gasteiger partial charge on any atom is -0.493 e. The van der Waals surface area contributed by atoms with Crippen molar-refractivity contribution in [1.29, 1.82) is 0 Å². The van der Waals surface area contributed by atoms with Gasteiger partial charge >= 0.3 is 5.97 Å². The highest BCUT2D eigenvalue weighted by Gasteiger charge is 2.50. The van der Waals surface area contributed by atoms with E-state index in [1.54, 1.807) is 26.5 Å². The molecule has 0 radical (unpaired) electrons. The van der Waals surface area contributed by atoms with E-state index in [1.807, 2.05) is 36.5 Å². The van der Waals surface area contributed by atoms with E-state index in [0.717, 1.165) is 80.3 Å². The molecule has 8 rings (SSSR count). The summed E-state index contributed by atoms with van der Waals surface area (Å²) >= 11 is 0. The predicted molar refractivity (Wildman–Crippen MR) is 211 cm³/mol. The minimum atomic E-state index is -1.01. The third kappa shape index (κ3) is 7.12. The lowest BCUT2D eigenvalue weighted by atomic mass is 9.59. The summed E-state index contributed by atoms with van der Waals surface area (Å²) in [5.74, 6) is 1.82. The van der Waals surface area contributed by atoms with Crippen molar-refractivity contribution in [3.05, 3.63) is 107 Å². The second kappa shape index (κ2) is 15.0. The maximum atomic E-state index is 12.1. The van der Waals surface area contributed by atoms with Gasteiger partial charge in [0.1, 0.15) is 22.7 Å². The van der Waals surface area contributed by atoms with Gasteiger partial charge in [-0.3, -0.25) is 9.80 Å². The molecule has 2 N–H and O–H groups in total. The van der Waals surface area contributed by atoms with Crippen molar-refractivity contribution in [1.82, 2.24) is 19.8 Å². The predicted octanol–water partition coefficient (Wildman–Crippen LogP) is 8.50. The number of piperidine rings is 1. The lowest BCUT2D eigenvalue weighted by Gasteiger charge is -2.58. The number of methoxy groups -OCH3 is 2. The molecule has 1 saturated carbocycles. The van der Waals surface area contributed by atoms with Crippen molar-refractivity contribution < 1.29 is 24.1 Å². The van der Waals surface area contributed by atoms with Gasteiger partial charge in [0, 0.05) is 74.7 Å². The highest BCUT2D eigenvalue weighted by Crippen LogP contribution is 2.53. The van der Waals surface area contributed by atoms with Crippen molar-refractivity contribution in [2.75, 3.05) is 51.8 Å². The van der Waals surface area contributed by atoms with Crippen molar-refractivity contribution in [2.24, 2.45) is 5.41 Å². The quantitative estimate of drug-likeness (QED) is 0.139. The van der Waals surface area contributed by atoms with Gasteiger partial charge in [-0.2, -0.15) is 0 Å².